The van der Waals surface area contributed by atoms with Crippen molar-refractivity contribution in [3.63, 3.8) is 0 Å². The number of hydrogen-bond donors (Lipinski definition) is 3. The monoisotopic (exact) mass is 791 g/mol. The maximum absolute atomic E-state index is 13.9. The summed E-state index contributed by atoms with van der Waals surface area (Å²) in [5.41, 5.74) is 3.99. The topological polar surface area (TPSA) is 160 Å². The van der Waals surface area contributed by atoms with Crippen molar-refractivity contribution >= 4 is 56.6 Å². The van der Waals surface area contributed by atoms with Crippen LogP contribution in [0.15, 0.2) is 72.9 Å². The number of alkyl halides is 3. The number of amides is 3. The predicted octanol–water partition coefficient (Wildman–Crippen LogP) is 4.33. The number of imide groups is 1. The summed E-state index contributed by atoms with van der Waals surface area (Å²) in [6.45, 7) is 4.12. The first kappa shape index (κ1) is 38.5. The van der Waals surface area contributed by atoms with Crippen molar-refractivity contribution in [2.45, 2.75) is 44.7 Å². The summed E-state index contributed by atoms with van der Waals surface area (Å²) < 4.78 is 66.7. The van der Waals surface area contributed by atoms with Crippen LogP contribution in [0.3, 0.4) is 0 Å². The number of anilines is 5. The Morgan fingerprint density at radius 2 is 1.71 bits per heavy atom. The van der Waals surface area contributed by atoms with Gasteiger partial charge in [-0.05, 0) is 65.6 Å². The van der Waals surface area contributed by atoms with Crippen LogP contribution in [0.5, 0.6) is 0 Å². The molecule has 2 saturated heterocycles. The molecule has 4 aromatic rings. The molecule has 0 spiro atoms. The van der Waals surface area contributed by atoms with Crippen molar-refractivity contribution < 1.29 is 36.0 Å². The highest BCUT2D eigenvalue weighted by Crippen LogP contribution is 2.35. The number of halogens is 3. The fourth-order valence-corrected chi connectivity index (χ4v) is 7.55. The molecule has 2 fully saturated rings. The van der Waals surface area contributed by atoms with Gasteiger partial charge in [0.1, 0.15) is 17.4 Å². The molecule has 294 valence electrons. The third-order valence-corrected chi connectivity index (χ3v) is 11.4. The van der Waals surface area contributed by atoms with Crippen LogP contribution in [0.1, 0.15) is 45.5 Å². The summed E-state index contributed by atoms with van der Waals surface area (Å²) in [5, 5.41) is 8.06. The van der Waals surface area contributed by atoms with Crippen molar-refractivity contribution in [2.75, 3.05) is 59.3 Å². The molecule has 3 amide bonds. The summed E-state index contributed by atoms with van der Waals surface area (Å²) in [7, 11) is -2.13. The molecule has 1 aromatic heterocycles. The summed E-state index contributed by atoms with van der Waals surface area (Å²) in [4.78, 5) is 51.2. The first-order valence-corrected chi connectivity index (χ1v) is 19.8. The normalized spacial score (nSPS) is 17.8. The van der Waals surface area contributed by atoms with E-state index >= 15 is 0 Å². The molecule has 18 heteroatoms. The molecular formula is C38H40F3N9O5S. The molecule has 3 aliphatic rings. The number of benzene rings is 3. The third kappa shape index (κ3) is 8.55. The van der Waals surface area contributed by atoms with E-state index in [1.165, 1.54) is 7.05 Å². The SMILES string of the molecule is CN(c1cccc(CNc2nc(Nc3ccc(N4CCN(Cc5ccc6c(c5)CN(C5CCC(=O)NC5=O)C6=O)CC4)cc3)ncc2C(F)(F)F)c1)S(C)(=O)=O. The van der Waals surface area contributed by atoms with Crippen LogP contribution in [0.2, 0.25) is 0 Å². The van der Waals surface area contributed by atoms with E-state index in [0.29, 0.717) is 42.0 Å². The first-order chi connectivity index (χ1) is 26.6. The number of piperidine rings is 1. The number of hydrogen-bond acceptors (Lipinski definition) is 11. The van der Waals surface area contributed by atoms with E-state index in [1.54, 1.807) is 29.2 Å². The summed E-state index contributed by atoms with van der Waals surface area (Å²) >= 11 is 0. The van der Waals surface area contributed by atoms with Gasteiger partial charge in [-0.1, -0.05) is 24.3 Å². The lowest BCUT2D eigenvalue weighted by Gasteiger charge is -2.36. The zero-order chi connectivity index (χ0) is 39.8. The van der Waals surface area contributed by atoms with Crippen LogP contribution in [-0.2, 0) is 45.4 Å². The lowest BCUT2D eigenvalue weighted by molar-refractivity contribution is -0.138. The zero-order valence-corrected chi connectivity index (χ0v) is 31.5. The largest absolute Gasteiger partial charge is 0.421 e. The minimum Gasteiger partial charge on any atom is -0.369 e. The van der Waals surface area contributed by atoms with Crippen LogP contribution in [0.25, 0.3) is 0 Å². The maximum atomic E-state index is 13.9. The van der Waals surface area contributed by atoms with Gasteiger partial charge in [-0.25, -0.2) is 13.4 Å². The number of carbonyl (C=O) groups is 3. The highest BCUT2D eigenvalue weighted by Gasteiger charge is 2.39. The minimum absolute atomic E-state index is 0.0352. The van der Waals surface area contributed by atoms with Gasteiger partial charge in [0, 0.05) is 82.4 Å². The van der Waals surface area contributed by atoms with Gasteiger partial charge in [-0.2, -0.15) is 18.2 Å². The molecule has 0 aliphatic carbocycles. The van der Waals surface area contributed by atoms with Crippen LogP contribution in [0.4, 0.5) is 42.0 Å². The van der Waals surface area contributed by atoms with E-state index in [2.05, 4.69) is 35.7 Å². The number of piperazine rings is 1. The van der Waals surface area contributed by atoms with E-state index in [-0.39, 0.29) is 30.7 Å². The summed E-state index contributed by atoms with van der Waals surface area (Å²) in [6, 6.07) is 19.1. The Balaban J connectivity index is 0.937. The molecule has 3 aromatic carbocycles. The number of fused-ring (bicyclic) bond motifs is 1. The van der Waals surface area contributed by atoms with Gasteiger partial charge in [0.2, 0.25) is 27.8 Å². The van der Waals surface area contributed by atoms with Gasteiger partial charge >= 0.3 is 6.18 Å². The number of nitrogens with zero attached hydrogens (tertiary/aromatic N) is 6. The lowest BCUT2D eigenvalue weighted by Crippen LogP contribution is -2.52. The van der Waals surface area contributed by atoms with Crippen molar-refractivity contribution in [3.05, 3.63) is 101 Å². The van der Waals surface area contributed by atoms with Crippen LogP contribution >= 0.6 is 0 Å². The third-order valence-electron chi connectivity index (χ3n) is 10.2. The van der Waals surface area contributed by atoms with Crippen LogP contribution in [0, 0.1) is 0 Å². The molecule has 0 saturated carbocycles. The smallest absolute Gasteiger partial charge is 0.369 e. The standard InChI is InChI=1S/C38H40F3N9O5S/c1-47(56(2,54)55)29-5-3-4-24(19-29)20-42-34-31(38(39,40)41)21-43-37(46-34)44-27-7-9-28(10-8-27)49-16-14-48(15-17-49)22-25-6-11-30-26(18-25)23-50(36(30)53)32-12-13-33(51)45-35(32)52/h3-11,18-19,21,32H,12-17,20,22-23H2,1-2H3,(H,45,51,52)(H2,42,43,44,46). The second kappa shape index (κ2) is 15.4. The second-order valence-corrected chi connectivity index (χ2v) is 16.0. The van der Waals surface area contributed by atoms with Gasteiger partial charge in [0.15, 0.2) is 0 Å². The minimum atomic E-state index is -4.71. The Morgan fingerprint density at radius 1 is 0.964 bits per heavy atom. The van der Waals surface area contributed by atoms with E-state index in [1.807, 2.05) is 42.5 Å². The molecule has 56 heavy (non-hydrogen) atoms. The molecule has 14 nitrogen and oxygen atoms in total. The number of aromatic nitrogens is 2. The average Bonchev–Trinajstić information content (AvgIpc) is 3.48. The molecule has 7 rings (SSSR count). The molecule has 0 radical (unpaired) electrons. The van der Waals surface area contributed by atoms with Gasteiger partial charge < -0.3 is 20.4 Å². The highest BCUT2D eigenvalue weighted by atomic mass is 32.2. The van der Waals surface area contributed by atoms with Crippen molar-refractivity contribution in [1.29, 1.82) is 0 Å². The van der Waals surface area contributed by atoms with Gasteiger partial charge in [0.25, 0.3) is 5.91 Å². The fourth-order valence-electron chi connectivity index (χ4n) is 7.06. The van der Waals surface area contributed by atoms with Crippen molar-refractivity contribution in [3.8, 4) is 0 Å². The molecule has 3 aliphatic heterocycles. The van der Waals surface area contributed by atoms with Gasteiger partial charge in [-0.3, -0.25) is 28.9 Å². The van der Waals surface area contributed by atoms with E-state index < -0.39 is 39.5 Å². The molecule has 1 atom stereocenters. The number of sulfonamides is 1. The second-order valence-electron chi connectivity index (χ2n) is 14.0. The summed E-state index contributed by atoms with van der Waals surface area (Å²) in [6.07, 6.45) is -2.40. The zero-order valence-electron chi connectivity index (χ0n) is 30.6. The Kier molecular flexibility index (Phi) is 10.6. The molecule has 4 heterocycles. The number of carbonyl (C=O) groups excluding carboxylic acids is 3. The molecular weight excluding hydrogens is 752 g/mol. The highest BCUT2D eigenvalue weighted by molar-refractivity contribution is 7.92. The lowest BCUT2D eigenvalue weighted by atomic mass is 10.0. The van der Waals surface area contributed by atoms with Crippen LogP contribution in [-0.4, -0.2) is 91.4 Å². The quantitative estimate of drug-likeness (QED) is 0.186. The van der Waals surface area contributed by atoms with Gasteiger partial charge in [-0.15, -0.1) is 0 Å². The van der Waals surface area contributed by atoms with E-state index in [4.69, 9.17) is 0 Å². The molecule has 3 N–H and O–H groups in total. The number of rotatable bonds is 11. The van der Waals surface area contributed by atoms with Crippen LogP contribution < -0.4 is 25.2 Å². The Hall–Kier alpha value is -5.75. The van der Waals surface area contributed by atoms with E-state index in [9.17, 15) is 36.0 Å². The molecule has 0 bridgehead atoms. The molecule has 1 unspecified atom stereocenters. The maximum Gasteiger partial charge on any atom is 0.421 e. The average molecular weight is 792 g/mol. The fraction of sp³-hybridized carbons (Fsp3) is 0.342. The van der Waals surface area contributed by atoms with E-state index in [0.717, 1.165) is 59.8 Å². The van der Waals surface area contributed by atoms with Gasteiger partial charge in [0.05, 0.1) is 11.9 Å². The Labute approximate surface area is 321 Å². The predicted molar refractivity (Wildman–Crippen MR) is 204 cm³/mol. The Bertz CT molecular complexity index is 2270. The van der Waals surface area contributed by atoms with Crippen molar-refractivity contribution in [1.82, 2.24) is 25.1 Å². The number of nitrogens with one attached hydrogen (secondary N) is 3. The Morgan fingerprint density at radius 3 is 2.41 bits per heavy atom. The summed E-state index contributed by atoms with van der Waals surface area (Å²) in [5.74, 6) is -1.40. The van der Waals surface area contributed by atoms with Crippen molar-refractivity contribution in [2.24, 2.45) is 0 Å². The first-order valence-electron chi connectivity index (χ1n) is 17.9.